The van der Waals surface area contributed by atoms with E-state index in [1.54, 1.807) is 24.7 Å². The van der Waals surface area contributed by atoms with Gasteiger partial charge in [0.05, 0.1) is 0 Å². The molecule has 89 valence electrons. The second-order valence-electron chi connectivity index (χ2n) is 4.01. The van der Waals surface area contributed by atoms with Gasteiger partial charge in [0.1, 0.15) is 0 Å². The predicted octanol–water partition coefficient (Wildman–Crippen LogP) is -2.02. The second kappa shape index (κ2) is 6.71. The van der Waals surface area contributed by atoms with Crippen molar-refractivity contribution in [2.75, 3.05) is 0 Å². The number of halogens is 2. The molecule has 0 aromatic heterocycles. The van der Waals surface area contributed by atoms with E-state index in [1.165, 1.54) is 22.3 Å². The van der Waals surface area contributed by atoms with Gasteiger partial charge in [0.25, 0.3) is 0 Å². The van der Waals surface area contributed by atoms with E-state index in [1.807, 2.05) is 0 Å². The van der Waals surface area contributed by atoms with Gasteiger partial charge in [-0.05, 0) is 0 Å². The Kier molecular flexibility index (Phi) is 5.85. The molecule has 1 unspecified atom stereocenters. The van der Waals surface area contributed by atoms with Gasteiger partial charge in [0.2, 0.25) is 0 Å². The molecule has 0 N–H and O–H groups in total. The summed E-state index contributed by atoms with van der Waals surface area (Å²) >= 11 is 1.57. The molecule has 0 spiro atoms. The van der Waals surface area contributed by atoms with Crippen LogP contribution in [0.4, 0.5) is 0 Å². The minimum absolute atomic E-state index is 0. The van der Waals surface area contributed by atoms with E-state index in [9.17, 15) is 0 Å². The molecule has 2 aromatic rings. The molecule has 1 aliphatic carbocycles. The fourth-order valence-corrected chi connectivity index (χ4v) is 3.06. The van der Waals surface area contributed by atoms with Crippen molar-refractivity contribution in [2.24, 2.45) is 0 Å². The zero-order valence-corrected chi connectivity index (χ0v) is 13.6. The molecule has 2 aromatic carbocycles. The third-order valence-electron chi connectivity index (χ3n) is 3.02. The summed E-state index contributed by atoms with van der Waals surface area (Å²) in [6.45, 7) is 0. The molecule has 0 nitrogen and oxygen atoms in total. The molecule has 1 aliphatic rings. The van der Waals surface area contributed by atoms with Gasteiger partial charge in [0, 0.05) is 0 Å². The van der Waals surface area contributed by atoms with Gasteiger partial charge in [-0.1, -0.05) is 0 Å². The molecular formula is C15H11Cl2Zr. The van der Waals surface area contributed by atoms with Gasteiger partial charge in [-0.25, -0.2) is 0 Å². The number of allylic oxidation sites excluding steroid dienone is 1. The molecule has 0 saturated carbocycles. The zero-order valence-electron chi connectivity index (χ0n) is 9.61. The summed E-state index contributed by atoms with van der Waals surface area (Å²) in [5, 5.41) is 0. The normalized spacial score (nSPS) is 15.6. The molecule has 18 heavy (non-hydrogen) atoms. The molecule has 1 atom stereocenters. The molecule has 0 bridgehead atoms. The third-order valence-corrected chi connectivity index (χ3v) is 4.25. The van der Waals surface area contributed by atoms with Crippen molar-refractivity contribution < 1.29 is 49.5 Å². The Morgan fingerprint density at radius 3 is 2.28 bits per heavy atom. The van der Waals surface area contributed by atoms with E-state index in [0.717, 1.165) is 0 Å². The molecule has 0 aliphatic heterocycles. The maximum absolute atomic E-state index is 2.31. The average molecular weight is 353 g/mol. The Hall–Kier alpha value is -0.357. The SMILES string of the molecule is [Cl-].[Cl-].[Zr+2][CH]1C=Cc2c(-c3ccccc3)cccc21. The van der Waals surface area contributed by atoms with Crippen LogP contribution in [0.3, 0.4) is 0 Å². The molecule has 0 saturated heterocycles. The Labute approximate surface area is 135 Å². The fraction of sp³-hybridized carbons (Fsp3) is 0.0667. The molecule has 0 fully saturated rings. The first-order valence-electron chi connectivity index (χ1n) is 5.44. The molecule has 3 heteroatoms. The quantitative estimate of drug-likeness (QED) is 0.555. The van der Waals surface area contributed by atoms with Crippen molar-refractivity contribution in [2.45, 2.75) is 3.63 Å². The van der Waals surface area contributed by atoms with Gasteiger partial charge in [-0.2, -0.15) is 0 Å². The van der Waals surface area contributed by atoms with Crippen LogP contribution < -0.4 is 24.8 Å². The summed E-state index contributed by atoms with van der Waals surface area (Å²) in [7, 11) is 0. The van der Waals surface area contributed by atoms with Crippen molar-refractivity contribution in [3.63, 3.8) is 0 Å². The summed E-state index contributed by atoms with van der Waals surface area (Å²) in [5.41, 5.74) is 5.57. The van der Waals surface area contributed by atoms with Crippen LogP contribution in [-0.4, -0.2) is 0 Å². The summed E-state index contributed by atoms with van der Waals surface area (Å²) in [6, 6.07) is 17.3. The van der Waals surface area contributed by atoms with E-state index >= 15 is 0 Å². The molecule has 0 heterocycles. The number of benzene rings is 2. The van der Waals surface area contributed by atoms with Crippen LogP contribution in [0, 0.1) is 0 Å². The standard InChI is InChI=1S/C15H11.2ClH.Zr/c1-2-6-12(7-3-1)14-10-4-8-13-9-5-11-15(13)14;;;/h1-11H;2*1H;/q;;;+2/p-2. The zero-order chi connectivity index (χ0) is 11.0. The van der Waals surface area contributed by atoms with Crippen LogP contribution in [0.15, 0.2) is 54.6 Å². The van der Waals surface area contributed by atoms with Gasteiger partial charge < -0.3 is 24.8 Å². The van der Waals surface area contributed by atoms with E-state index < -0.39 is 0 Å². The van der Waals surface area contributed by atoms with Crippen molar-refractivity contribution in [3.05, 3.63) is 65.7 Å². The van der Waals surface area contributed by atoms with Gasteiger partial charge in [0.15, 0.2) is 0 Å². The summed E-state index contributed by atoms with van der Waals surface area (Å²) < 4.78 is 0.644. The van der Waals surface area contributed by atoms with E-state index in [2.05, 4.69) is 60.7 Å². The van der Waals surface area contributed by atoms with Crippen LogP contribution in [0.1, 0.15) is 14.8 Å². The van der Waals surface area contributed by atoms with Gasteiger partial charge >= 0.3 is 111 Å². The minimum atomic E-state index is 0. The van der Waals surface area contributed by atoms with Crippen molar-refractivity contribution in [1.82, 2.24) is 0 Å². The molecule has 0 radical (unpaired) electrons. The Morgan fingerprint density at radius 1 is 0.833 bits per heavy atom. The first-order chi connectivity index (χ1) is 7.86. The summed E-state index contributed by atoms with van der Waals surface area (Å²) in [6.07, 6.45) is 4.59. The number of rotatable bonds is 1. The summed E-state index contributed by atoms with van der Waals surface area (Å²) in [4.78, 5) is 0. The van der Waals surface area contributed by atoms with E-state index in [-0.39, 0.29) is 24.8 Å². The van der Waals surface area contributed by atoms with Crippen molar-refractivity contribution in [1.29, 1.82) is 0 Å². The number of hydrogen-bond donors (Lipinski definition) is 0. The number of fused-ring (bicyclic) bond motifs is 1. The average Bonchev–Trinajstić information content (AvgIpc) is 2.73. The van der Waals surface area contributed by atoms with Crippen molar-refractivity contribution >= 4 is 6.08 Å². The van der Waals surface area contributed by atoms with Crippen LogP contribution in [0.2, 0.25) is 0 Å². The maximum atomic E-state index is 2.31. The monoisotopic (exact) mass is 351 g/mol. The van der Waals surface area contributed by atoms with Gasteiger partial charge in [-0.3, -0.25) is 0 Å². The van der Waals surface area contributed by atoms with E-state index in [4.69, 9.17) is 0 Å². The van der Waals surface area contributed by atoms with Crippen LogP contribution in [-0.2, 0) is 24.7 Å². The Bertz CT molecular complexity index is 550. The van der Waals surface area contributed by atoms with Crippen LogP contribution in [0.5, 0.6) is 0 Å². The van der Waals surface area contributed by atoms with Gasteiger partial charge in [-0.15, -0.1) is 0 Å². The molecule has 3 rings (SSSR count). The van der Waals surface area contributed by atoms with Crippen LogP contribution >= 0.6 is 0 Å². The van der Waals surface area contributed by atoms with Crippen LogP contribution in [0.25, 0.3) is 17.2 Å². The third kappa shape index (κ3) is 2.79. The second-order valence-corrected chi connectivity index (χ2v) is 5.54. The number of hydrogen-bond acceptors (Lipinski definition) is 0. The van der Waals surface area contributed by atoms with E-state index in [0.29, 0.717) is 3.63 Å². The first kappa shape index (κ1) is 15.7. The predicted molar refractivity (Wildman–Crippen MR) is 63.7 cm³/mol. The molecular weight excluding hydrogens is 342 g/mol. The topological polar surface area (TPSA) is 0 Å². The first-order valence-corrected chi connectivity index (χ1v) is 6.86. The Balaban J connectivity index is 0.000000810. The summed E-state index contributed by atoms with van der Waals surface area (Å²) in [5.74, 6) is 0. The fourth-order valence-electron chi connectivity index (χ4n) is 2.21. The van der Waals surface area contributed by atoms with Crippen molar-refractivity contribution in [3.8, 4) is 11.1 Å². The Morgan fingerprint density at radius 2 is 1.56 bits per heavy atom. The molecule has 0 amide bonds.